The Labute approximate surface area is 197 Å². The summed E-state index contributed by atoms with van der Waals surface area (Å²) in [5.74, 6) is 0.353. The lowest BCUT2D eigenvalue weighted by Crippen LogP contribution is -2.05. The molecule has 2 rings (SSSR count). The van der Waals surface area contributed by atoms with Crippen LogP contribution in [-0.4, -0.2) is 18.5 Å². The van der Waals surface area contributed by atoms with Gasteiger partial charge in [0, 0.05) is 12.2 Å². The highest BCUT2D eigenvalue weighted by molar-refractivity contribution is 5.91. The van der Waals surface area contributed by atoms with Crippen molar-refractivity contribution in [1.82, 2.24) is 0 Å². The fraction of sp³-hybridized carbons (Fsp3) is 0.429. The van der Waals surface area contributed by atoms with Gasteiger partial charge in [-0.3, -0.25) is 0 Å². The van der Waals surface area contributed by atoms with Crippen molar-refractivity contribution in [2.24, 2.45) is 0 Å². The zero-order valence-corrected chi connectivity index (χ0v) is 19.7. The maximum Gasteiger partial charge on any atom is 0.331 e. The van der Waals surface area contributed by atoms with E-state index in [2.05, 4.69) is 6.92 Å². The largest absolute Gasteiger partial charge is 0.463 e. The van der Waals surface area contributed by atoms with E-state index in [9.17, 15) is 9.59 Å². The van der Waals surface area contributed by atoms with Gasteiger partial charge in [0.1, 0.15) is 18.1 Å². The smallest absolute Gasteiger partial charge is 0.331 e. The van der Waals surface area contributed by atoms with E-state index in [4.69, 9.17) is 14.2 Å². The molecular formula is C28H36O5. The number of para-hydroxylation sites is 1. The first kappa shape index (κ1) is 26.2. The summed E-state index contributed by atoms with van der Waals surface area (Å²) in [5, 5.41) is 0. The molecule has 0 amide bonds. The molecule has 2 aromatic carbocycles. The third-order valence-corrected chi connectivity index (χ3v) is 5.13. The van der Waals surface area contributed by atoms with Gasteiger partial charge >= 0.3 is 11.9 Å². The van der Waals surface area contributed by atoms with E-state index in [0.29, 0.717) is 12.4 Å². The Morgan fingerprint density at radius 3 is 1.85 bits per heavy atom. The topological polar surface area (TPSA) is 61.8 Å². The number of hydrogen-bond acceptors (Lipinski definition) is 5. The van der Waals surface area contributed by atoms with E-state index < -0.39 is 11.9 Å². The Morgan fingerprint density at radius 1 is 0.667 bits per heavy atom. The number of unbranched alkanes of at least 4 members (excludes halogenated alkanes) is 8. The molecule has 0 heterocycles. The summed E-state index contributed by atoms with van der Waals surface area (Å²) in [6, 6.07) is 16.8. The van der Waals surface area contributed by atoms with Crippen LogP contribution in [0.15, 0.2) is 66.7 Å². The normalized spacial score (nSPS) is 10.8. The van der Waals surface area contributed by atoms with Crippen molar-refractivity contribution >= 4 is 11.9 Å². The molecule has 178 valence electrons. The number of carbonyl (C=O) groups excluding carboxylic acids is 2. The van der Waals surface area contributed by atoms with E-state index in [1.165, 1.54) is 44.9 Å². The minimum absolute atomic E-state index is 0.113. The molecule has 0 aliphatic rings. The molecule has 5 nitrogen and oxygen atoms in total. The van der Waals surface area contributed by atoms with Crippen molar-refractivity contribution in [2.45, 2.75) is 71.3 Å². The molecule has 0 atom stereocenters. The average Bonchev–Trinajstić information content (AvgIpc) is 2.84. The Hall–Kier alpha value is -3.08. The van der Waals surface area contributed by atoms with Crippen LogP contribution in [-0.2, 0) is 25.7 Å². The third-order valence-electron chi connectivity index (χ3n) is 5.13. The molecule has 0 saturated carbocycles. The lowest BCUT2D eigenvalue weighted by atomic mass is 10.1. The van der Waals surface area contributed by atoms with Crippen LogP contribution in [0.3, 0.4) is 0 Å². The first-order valence-corrected chi connectivity index (χ1v) is 12.0. The number of ether oxygens (including phenoxy) is 3. The lowest BCUT2D eigenvalue weighted by Gasteiger charge is -2.07. The van der Waals surface area contributed by atoms with Gasteiger partial charge in [-0.1, -0.05) is 88.6 Å². The molecule has 0 fully saturated rings. The Balaban J connectivity index is 1.53. The Kier molecular flexibility index (Phi) is 13.1. The second kappa shape index (κ2) is 16.5. The van der Waals surface area contributed by atoms with Crippen LogP contribution < -0.4 is 4.74 Å². The van der Waals surface area contributed by atoms with E-state index in [1.807, 2.05) is 54.6 Å². The highest BCUT2D eigenvalue weighted by Crippen LogP contribution is 2.21. The molecule has 33 heavy (non-hydrogen) atoms. The van der Waals surface area contributed by atoms with Crippen LogP contribution in [0.1, 0.15) is 70.3 Å². The van der Waals surface area contributed by atoms with Crippen LogP contribution in [0.25, 0.3) is 0 Å². The van der Waals surface area contributed by atoms with Crippen molar-refractivity contribution in [1.29, 1.82) is 0 Å². The van der Waals surface area contributed by atoms with Gasteiger partial charge in [-0.25, -0.2) is 9.59 Å². The third kappa shape index (κ3) is 12.5. The summed E-state index contributed by atoms with van der Waals surface area (Å²) in [4.78, 5) is 23.5. The van der Waals surface area contributed by atoms with E-state index in [-0.39, 0.29) is 6.61 Å². The SMILES string of the molecule is CCCCCCCCCCCOC(=O)/C=C/C(=O)OCc1ccc(Oc2ccccc2)cc1. The van der Waals surface area contributed by atoms with Crippen molar-refractivity contribution < 1.29 is 23.8 Å². The van der Waals surface area contributed by atoms with Crippen LogP contribution in [0.2, 0.25) is 0 Å². The maximum atomic E-state index is 11.8. The van der Waals surface area contributed by atoms with Gasteiger partial charge in [-0.05, 0) is 36.2 Å². The summed E-state index contributed by atoms with van der Waals surface area (Å²) < 4.78 is 16.0. The van der Waals surface area contributed by atoms with Crippen LogP contribution in [0.5, 0.6) is 11.5 Å². The van der Waals surface area contributed by atoms with Gasteiger partial charge in [0.2, 0.25) is 0 Å². The first-order chi connectivity index (χ1) is 16.2. The molecule has 0 aliphatic carbocycles. The highest BCUT2D eigenvalue weighted by atomic mass is 16.5. The first-order valence-electron chi connectivity index (χ1n) is 12.0. The summed E-state index contributed by atoms with van der Waals surface area (Å²) in [7, 11) is 0. The van der Waals surface area contributed by atoms with Gasteiger partial charge in [-0.2, -0.15) is 0 Å². The van der Waals surface area contributed by atoms with Gasteiger partial charge in [0.15, 0.2) is 0 Å². The van der Waals surface area contributed by atoms with E-state index >= 15 is 0 Å². The van der Waals surface area contributed by atoms with Crippen LogP contribution >= 0.6 is 0 Å². The lowest BCUT2D eigenvalue weighted by molar-refractivity contribution is -0.141. The molecule has 0 N–H and O–H groups in total. The fourth-order valence-corrected chi connectivity index (χ4v) is 3.25. The van der Waals surface area contributed by atoms with Crippen molar-refractivity contribution in [3.8, 4) is 11.5 Å². The maximum absolute atomic E-state index is 11.8. The summed E-state index contributed by atoms with van der Waals surface area (Å²) >= 11 is 0. The monoisotopic (exact) mass is 452 g/mol. The number of rotatable bonds is 16. The highest BCUT2D eigenvalue weighted by Gasteiger charge is 2.03. The predicted octanol–water partition coefficient (Wildman–Crippen LogP) is 7.15. The Morgan fingerprint density at radius 2 is 1.21 bits per heavy atom. The number of hydrogen-bond donors (Lipinski definition) is 0. The standard InChI is InChI=1S/C28H36O5/c1-2-3-4-5-6-7-8-9-13-22-31-27(29)20-21-28(30)32-23-24-16-18-26(19-17-24)33-25-14-11-10-12-15-25/h10-12,14-21H,2-9,13,22-23H2,1H3/b21-20+. The molecule has 0 unspecified atom stereocenters. The molecule has 0 spiro atoms. The van der Waals surface area contributed by atoms with Crippen LogP contribution in [0.4, 0.5) is 0 Å². The molecule has 0 bridgehead atoms. The minimum Gasteiger partial charge on any atom is -0.463 e. The second-order valence-corrected chi connectivity index (χ2v) is 8.00. The molecular weight excluding hydrogens is 416 g/mol. The van der Waals surface area contributed by atoms with Gasteiger partial charge in [0.05, 0.1) is 6.61 Å². The van der Waals surface area contributed by atoms with E-state index in [0.717, 1.165) is 36.3 Å². The second-order valence-electron chi connectivity index (χ2n) is 8.00. The van der Waals surface area contributed by atoms with Crippen molar-refractivity contribution in [3.05, 3.63) is 72.3 Å². The quantitative estimate of drug-likeness (QED) is 0.154. The average molecular weight is 453 g/mol. The minimum atomic E-state index is -0.584. The van der Waals surface area contributed by atoms with Gasteiger partial charge in [0.25, 0.3) is 0 Å². The zero-order valence-electron chi connectivity index (χ0n) is 19.7. The fourth-order valence-electron chi connectivity index (χ4n) is 3.25. The van der Waals surface area contributed by atoms with Crippen LogP contribution in [0, 0.1) is 0 Å². The van der Waals surface area contributed by atoms with Gasteiger partial charge < -0.3 is 14.2 Å². The predicted molar refractivity (Wildman–Crippen MR) is 130 cm³/mol. The molecule has 0 aliphatic heterocycles. The molecule has 0 saturated heterocycles. The number of benzene rings is 2. The van der Waals surface area contributed by atoms with Gasteiger partial charge in [-0.15, -0.1) is 0 Å². The summed E-state index contributed by atoms with van der Waals surface area (Å²) in [6.45, 7) is 2.72. The summed E-state index contributed by atoms with van der Waals surface area (Å²) in [5.41, 5.74) is 0.824. The van der Waals surface area contributed by atoms with Crippen molar-refractivity contribution in [3.63, 3.8) is 0 Å². The summed E-state index contributed by atoms with van der Waals surface area (Å²) in [6.07, 6.45) is 13.1. The number of esters is 2. The Bertz CT molecular complexity index is 827. The molecule has 2 aromatic rings. The molecule has 0 radical (unpaired) electrons. The molecule has 5 heteroatoms. The van der Waals surface area contributed by atoms with Crippen molar-refractivity contribution in [2.75, 3.05) is 6.61 Å². The number of carbonyl (C=O) groups is 2. The zero-order chi connectivity index (χ0) is 23.6. The van der Waals surface area contributed by atoms with E-state index in [1.54, 1.807) is 0 Å². The molecule has 0 aromatic heterocycles.